The van der Waals surface area contributed by atoms with Gasteiger partial charge >= 0.3 is 0 Å². The van der Waals surface area contributed by atoms with Crippen LogP contribution in [0.2, 0.25) is 0 Å². The molecular formula is C9H16N4S. The highest BCUT2D eigenvalue weighted by molar-refractivity contribution is 7.15. The third kappa shape index (κ3) is 2.42. The second-order valence-corrected chi connectivity index (χ2v) is 5.03. The van der Waals surface area contributed by atoms with Gasteiger partial charge in [-0.2, -0.15) is 0 Å². The second kappa shape index (κ2) is 4.23. The average Bonchev–Trinajstić information content (AvgIpc) is 2.51. The van der Waals surface area contributed by atoms with Gasteiger partial charge in [-0.15, -0.1) is 10.2 Å². The van der Waals surface area contributed by atoms with E-state index >= 15 is 0 Å². The maximum atomic E-state index is 4.07. The normalized spacial score (nSPS) is 27.6. The summed E-state index contributed by atoms with van der Waals surface area (Å²) in [5.41, 5.74) is 0. The van der Waals surface area contributed by atoms with Crippen molar-refractivity contribution in [2.45, 2.75) is 38.8 Å². The van der Waals surface area contributed by atoms with Crippen LogP contribution in [0.15, 0.2) is 0 Å². The molecule has 78 valence electrons. The lowest BCUT2D eigenvalue weighted by atomic mass is 10.0. The van der Waals surface area contributed by atoms with Crippen LogP contribution in [0.3, 0.4) is 0 Å². The maximum Gasteiger partial charge on any atom is 0.205 e. The van der Waals surface area contributed by atoms with Crippen molar-refractivity contribution in [3.63, 3.8) is 0 Å². The Morgan fingerprint density at radius 3 is 3.00 bits per heavy atom. The number of nitrogens with zero attached hydrogens (tertiary/aromatic N) is 2. The van der Waals surface area contributed by atoms with Crippen LogP contribution in [0.4, 0.5) is 5.13 Å². The number of piperidine rings is 1. The summed E-state index contributed by atoms with van der Waals surface area (Å²) in [5, 5.41) is 16.9. The molecule has 2 N–H and O–H groups in total. The Hall–Kier alpha value is -0.680. The lowest BCUT2D eigenvalue weighted by molar-refractivity contribution is 0.396. The van der Waals surface area contributed by atoms with Crippen LogP contribution >= 0.6 is 11.3 Å². The van der Waals surface area contributed by atoms with Gasteiger partial charge in [-0.3, -0.25) is 0 Å². The van der Waals surface area contributed by atoms with Crippen molar-refractivity contribution in [2.24, 2.45) is 0 Å². The molecule has 2 rings (SSSR count). The smallest absolute Gasteiger partial charge is 0.205 e. The van der Waals surface area contributed by atoms with Gasteiger partial charge in [0.2, 0.25) is 5.13 Å². The summed E-state index contributed by atoms with van der Waals surface area (Å²) < 4.78 is 0. The molecule has 5 heteroatoms. The lowest BCUT2D eigenvalue weighted by Gasteiger charge is -2.28. The van der Waals surface area contributed by atoms with E-state index in [0.29, 0.717) is 12.1 Å². The van der Waals surface area contributed by atoms with E-state index in [0.717, 1.165) is 16.7 Å². The Morgan fingerprint density at radius 2 is 2.36 bits per heavy atom. The van der Waals surface area contributed by atoms with Gasteiger partial charge in [0.1, 0.15) is 5.01 Å². The van der Waals surface area contributed by atoms with E-state index in [-0.39, 0.29) is 0 Å². The summed E-state index contributed by atoms with van der Waals surface area (Å²) >= 11 is 1.63. The molecule has 0 radical (unpaired) electrons. The molecule has 0 aliphatic carbocycles. The topological polar surface area (TPSA) is 49.8 Å². The number of hydrogen-bond donors (Lipinski definition) is 2. The van der Waals surface area contributed by atoms with E-state index in [2.05, 4.69) is 27.8 Å². The van der Waals surface area contributed by atoms with Crippen LogP contribution < -0.4 is 10.6 Å². The molecule has 4 nitrogen and oxygen atoms in total. The number of anilines is 1. The second-order valence-electron chi connectivity index (χ2n) is 3.85. The number of hydrogen-bond acceptors (Lipinski definition) is 5. The highest BCUT2D eigenvalue weighted by Gasteiger charge is 2.18. The summed E-state index contributed by atoms with van der Waals surface area (Å²) in [7, 11) is 0. The van der Waals surface area contributed by atoms with E-state index in [1.807, 2.05) is 6.92 Å². The van der Waals surface area contributed by atoms with E-state index in [1.54, 1.807) is 11.3 Å². The Kier molecular flexibility index (Phi) is 2.98. The SMILES string of the molecule is Cc1nnc(NC2CCNC(C)C2)s1. The fourth-order valence-electron chi connectivity index (χ4n) is 1.79. The van der Waals surface area contributed by atoms with E-state index in [1.165, 1.54) is 12.8 Å². The summed E-state index contributed by atoms with van der Waals surface area (Å²) in [5.74, 6) is 0. The Morgan fingerprint density at radius 1 is 1.50 bits per heavy atom. The third-order valence-electron chi connectivity index (χ3n) is 2.48. The van der Waals surface area contributed by atoms with Crippen molar-refractivity contribution in [3.8, 4) is 0 Å². The predicted molar refractivity (Wildman–Crippen MR) is 58.8 cm³/mol. The third-order valence-corrected chi connectivity index (χ3v) is 3.25. The quantitative estimate of drug-likeness (QED) is 0.778. The summed E-state index contributed by atoms with van der Waals surface area (Å²) in [4.78, 5) is 0. The zero-order chi connectivity index (χ0) is 9.97. The molecule has 1 aliphatic heterocycles. The highest BCUT2D eigenvalue weighted by Crippen LogP contribution is 2.18. The molecule has 1 aromatic heterocycles. The summed E-state index contributed by atoms with van der Waals surface area (Å²) in [6.45, 7) is 5.30. The van der Waals surface area contributed by atoms with Crippen molar-refractivity contribution >= 4 is 16.5 Å². The summed E-state index contributed by atoms with van der Waals surface area (Å²) in [6.07, 6.45) is 2.33. The highest BCUT2D eigenvalue weighted by atomic mass is 32.1. The van der Waals surface area contributed by atoms with Crippen LogP contribution in [0.1, 0.15) is 24.8 Å². The standard InChI is InChI=1S/C9H16N4S/c1-6-5-8(3-4-10-6)11-9-13-12-7(2)14-9/h6,8,10H,3-5H2,1-2H3,(H,11,13). The molecule has 0 bridgehead atoms. The van der Waals surface area contributed by atoms with Crippen LogP contribution in [0, 0.1) is 6.92 Å². The van der Waals surface area contributed by atoms with Gasteiger partial charge in [0, 0.05) is 12.1 Å². The number of aromatic nitrogens is 2. The minimum Gasteiger partial charge on any atom is -0.357 e. The van der Waals surface area contributed by atoms with Crippen molar-refractivity contribution in [1.29, 1.82) is 0 Å². The first kappa shape index (κ1) is 9.86. The fourth-order valence-corrected chi connectivity index (χ4v) is 2.46. The Bertz CT molecular complexity index is 299. The molecule has 0 spiro atoms. The Labute approximate surface area is 88.1 Å². The summed E-state index contributed by atoms with van der Waals surface area (Å²) in [6, 6.07) is 1.16. The van der Waals surface area contributed by atoms with Gasteiger partial charge in [-0.05, 0) is 33.2 Å². The molecule has 1 fully saturated rings. The molecule has 0 aromatic carbocycles. The van der Waals surface area contributed by atoms with Crippen molar-refractivity contribution < 1.29 is 0 Å². The first-order valence-electron chi connectivity index (χ1n) is 5.04. The zero-order valence-corrected chi connectivity index (χ0v) is 9.40. The zero-order valence-electron chi connectivity index (χ0n) is 8.58. The fraction of sp³-hybridized carbons (Fsp3) is 0.778. The molecule has 2 heterocycles. The van der Waals surface area contributed by atoms with Crippen molar-refractivity contribution in [3.05, 3.63) is 5.01 Å². The van der Waals surface area contributed by atoms with E-state index in [4.69, 9.17) is 0 Å². The van der Waals surface area contributed by atoms with Gasteiger partial charge < -0.3 is 10.6 Å². The average molecular weight is 212 g/mol. The van der Waals surface area contributed by atoms with Gasteiger partial charge in [0.05, 0.1) is 0 Å². The van der Waals surface area contributed by atoms with Gasteiger partial charge in [0.25, 0.3) is 0 Å². The maximum absolute atomic E-state index is 4.07. The first-order chi connectivity index (χ1) is 6.74. The van der Waals surface area contributed by atoms with Crippen LogP contribution in [-0.2, 0) is 0 Å². The molecule has 1 saturated heterocycles. The molecule has 1 aliphatic rings. The molecule has 14 heavy (non-hydrogen) atoms. The van der Waals surface area contributed by atoms with Crippen LogP contribution in [0.5, 0.6) is 0 Å². The van der Waals surface area contributed by atoms with Crippen molar-refractivity contribution in [2.75, 3.05) is 11.9 Å². The van der Waals surface area contributed by atoms with Crippen LogP contribution in [0.25, 0.3) is 0 Å². The molecule has 0 amide bonds. The number of aryl methyl sites for hydroxylation is 1. The van der Waals surface area contributed by atoms with E-state index in [9.17, 15) is 0 Å². The lowest BCUT2D eigenvalue weighted by Crippen LogP contribution is -2.41. The van der Waals surface area contributed by atoms with Crippen LogP contribution in [-0.4, -0.2) is 28.8 Å². The molecule has 2 unspecified atom stereocenters. The van der Waals surface area contributed by atoms with Gasteiger partial charge in [-0.1, -0.05) is 11.3 Å². The first-order valence-corrected chi connectivity index (χ1v) is 5.85. The van der Waals surface area contributed by atoms with Gasteiger partial charge in [0.15, 0.2) is 0 Å². The predicted octanol–water partition coefficient (Wildman–Crippen LogP) is 1.40. The number of nitrogens with one attached hydrogen (secondary N) is 2. The molecule has 0 saturated carbocycles. The monoisotopic (exact) mass is 212 g/mol. The molecule has 2 atom stereocenters. The van der Waals surface area contributed by atoms with Crippen molar-refractivity contribution in [1.82, 2.24) is 15.5 Å². The van der Waals surface area contributed by atoms with Gasteiger partial charge in [-0.25, -0.2) is 0 Å². The number of rotatable bonds is 2. The minimum atomic E-state index is 0.554. The van der Waals surface area contributed by atoms with E-state index < -0.39 is 0 Å². The largest absolute Gasteiger partial charge is 0.357 e. The minimum absolute atomic E-state index is 0.554. The molecular weight excluding hydrogens is 196 g/mol. The molecule has 1 aromatic rings. The Balaban J connectivity index is 1.90.